The van der Waals surface area contributed by atoms with Crippen LogP contribution in [0.2, 0.25) is 10.0 Å². The van der Waals surface area contributed by atoms with E-state index in [1.807, 2.05) is 0 Å². The highest BCUT2D eigenvalue weighted by Gasteiger charge is 2.66. The standard InChI is InChI=1S/C13H13Cl2NO3/c1-12(6-13(12,2)11(18)19)10(17)16-9-4-7(14)3-8(15)5-9/h3-5H,6H2,1-2H3,(H,16,17)(H,18,19)/p-1. The van der Waals surface area contributed by atoms with Crippen LogP contribution in [0.15, 0.2) is 23.2 Å². The van der Waals surface area contributed by atoms with E-state index in [1.165, 1.54) is 18.2 Å². The van der Waals surface area contributed by atoms with Gasteiger partial charge >= 0.3 is 5.97 Å². The van der Waals surface area contributed by atoms with Gasteiger partial charge in [0.05, 0.1) is 11.1 Å². The number of benzene rings is 1. The molecule has 4 nitrogen and oxygen atoms in total. The molecule has 0 spiro atoms. The molecule has 1 N–H and O–H groups in total. The van der Waals surface area contributed by atoms with E-state index in [0.29, 0.717) is 15.7 Å². The quantitative estimate of drug-likeness (QED) is 0.689. The van der Waals surface area contributed by atoms with Crippen molar-refractivity contribution in [1.29, 1.82) is 0 Å². The maximum atomic E-state index is 12.1. The van der Waals surface area contributed by atoms with Crippen molar-refractivity contribution in [2.24, 2.45) is 15.8 Å². The summed E-state index contributed by atoms with van der Waals surface area (Å²) in [5.41, 5.74) is -1.67. The lowest BCUT2D eigenvalue weighted by Crippen LogP contribution is -2.33. The second-order valence-corrected chi connectivity index (χ2v) is 6.06. The fourth-order valence-corrected chi connectivity index (χ4v) is 2.65. The van der Waals surface area contributed by atoms with Crippen LogP contribution < -0.4 is 5.11 Å². The Morgan fingerprint density at radius 2 is 1.79 bits per heavy atom. The fraction of sp³-hybridized carbons (Fsp3) is 0.385. The molecule has 19 heavy (non-hydrogen) atoms. The van der Waals surface area contributed by atoms with Crippen molar-refractivity contribution in [3.63, 3.8) is 0 Å². The minimum Gasteiger partial charge on any atom is -0.861 e. The Kier molecular flexibility index (Phi) is 3.27. The van der Waals surface area contributed by atoms with Crippen LogP contribution in [-0.4, -0.2) is 17.0 Å². The maximum Gasteiger partial charge on any atom is 0.310 e. The molecule has 0 saturated heterocycles. The van der Waals surface area contributed by atoms with E-state index in [2.05, 4.69) is 4.99 Å². The van der Waals surface area contributed by atoms with Gasteiger partial charge in [0.15, 0.2) is 0 Å². The molecule has 1 aromatic rings. The van der Waals surface area contributed by atoms with Crippen LogP contribution >= 0.6 is 23.2 Å². The van der Waals surface area contributed by atoms with Crippen LogP contribution in [0, 0.1) is 10.8 Å². The highest BCUT2D eigenvalue weighted by molar-refractivity contribution is 6.35. The number of hydrogen-bond donors (Lipinski definition) is 1. The van der Waals surface area contributed by atoms with Gasteiger partial charge in [-0.2, -0.15) is 0 Å². The first kappa shape index (κ1) is 14.2. The van der Waals surface area contributed by atoms with E-state index in [4.69, 9.17) is 28.3 Å². The summed E-state index contributed by atoms with van der Waals surface area (Å²) in [7, 11) is 0. The lowest BCUT2D eigenvalue weighted by molar-refractivity contribution is -0.226. The van der Waals surface area contributed by atoms with Crippen molar-refractivity contribution in [2.75, 3.05) is 0 Å². The molecule has 1 aromatic carbocycles. The number of aliphatic carboxylic acids is 1. The van der Waals surface area contributed by atoms with Gasteiger partial charge in [-0.1, -0.05) is 30.1 Å². The van der Waals surface area contributed by atoms with Gasteiger partial charge in [0, 0.05) is 15.5 Å². The van der Waals surface area contributed by atoms with Crippen LogP contribution in [-0.2, 0) is 4.79 Å². The molecule has 102 valence electrons. The summed E-state index contributed by atoms with van der Waals surface area (Å²) in [6.07, 6.45) is 0.284. The SMILES string of the molecule is CC1(C(=O)O)CC1(C)C([O-])=Nc1cc(Cl)cc(Cl)c1. The number of aliphatic imine (C=N–C) groups is 1. The Balaban J connectivity index is 2.33. The van der Waals surface area contributed by atoms with Gasteiger partial charge in [-0.05, 0) is 37.4 Å². The third-order valence-corrected chi connectivity index (χ3v) is 4.26. The molecule has 1 saturated carbocycles. The number of carboxylic acid groups (broad SMARTS) is 1. The van der Waals surface area contributed by atoms with Gasteiger partial charge in [0.2, 0.25) is 0 Å². The number of carbonyl (C=O) groups is 1. The second kappa shape index (κ2) is 4.39. The molecule has 0 aliphatic heterocycles. The van der Waals surface area contributed by atoms with Crippen LogP contribution in [0.25, 0.3) is 0 Å². The van der Waals surface area contributed by atoms with Gasteiger partial charge in [-0.3, -0.25) is 9.79 Å². The van der Waals surface area contributed by atoms with E-state index in [-0.39, 0.29) is 6.42 Å². The van der Waals surface area contributed by atoms with Gasteiger partial charge < -0.3 is 10.2 Å². The average Bonchev–Trinajstić information content (AvgIpc) is 2.83. The molecule has 2 unspecified atom stereocenters. The summed E-state index contributed by atoms with van der Waals surface area (Å²) in [6, 6.07) is 4.55. The van der Waals surface area contributed by atoms with E-state index in [9.17, 15) is 9.90 Å². The van der Waals surface area contributed by atoms with E-state index in [1.54, 1.807) is 13.8 Å². The number of carboxylic acids is 1. The second-order valence-electron chi connectivity index (χ2n) is 5.19. The molecule has 0 aromatic heterocycles. The molecular formula is C13H12Cl2NO3-. The summed E-state index contributed by atoms with van der Waals surface area (Å²) in [5, 5.41) is 22.0. The number of halogens is 2. The van der Waals surface area contributed by atoms with Gasteiger partial charge in [-0.25, -0.2) is 0 Å². The molecule has 1 fully saturated rings. The topological polar surface area (TPSA) is 72.7 Å². The minimum absolute atomic E-state index is 0.284. The molecule has 2 atom stereocenters. The lowest BCUT2D eigenvalue weighted by Gasteiger charge is -2.22. The van der Waals surface area contributed by atoms with Crippen LogP contribution in [0.4, 0.5) is 5.69 Å². The monoisotopic (exact) mass is 300 g/mol. The predicted octanol–water partition coefficient (Wildman–Crippen LogP) is 2.88. The zero-order valence-corrected chi connectivity index (χ0v) is 11.9. The third-order valence-electron chi connectivity index (χ3n) is 3.82. The zero-order valence-electron chi connectivity index (χ0n) is 10.4. The van der Waals surface area contributed by atoms with Crippen LogP contribution in [0.5, 0.6) is 0 Å². The first-order valence-electron chi connectivity index (χ1n) is 5.65. The molecule has 0 bridgehead atoms. The predicted molar refractivity (Wildman–Crippen MR) is 72.0 cm³/mol. The van der Waals surface area contributed by atoms with Crippen molar-refractivity contribution in [2.45, 2.75) is 20.3 Å². The van der Waals surface area contributed by atoms with E-state index in [0.717, 1.165) is 0 Å². The summed E-state index contributed by atoms with van der Waals surface area (Å²) in [5.74, 6) is -1.45. The minimum atomic E-state index is -1.05. The average molecular weight is 301 g/mol. The van der Waals surface area contributed by atoms with Crippen molar-refractivity contribution < 1.29 is 15.0 Å². The third kappa shape index (κ3) is 2.30. The lowest BCUT2D eigenvalue weighted by atomic mass is 9.96. The Labute approximate surface area is 120 Å². The molecule has 1 aliphatic carbocycles. The molecule has 1 aliphatic rings. The summed E-state index contributed by atoms with van der Waals surface area (Å²) >= 11 is 11.6. The number of nitrogens with zero attached hydrogens (tertiary/aromatic N) is 1. The first-order valence-corrected chi connectivity index (χ1v) is 6.40. The zero-order chi connectivity index (χ0) is 14.4. The van der Waals surface area contributed by atoms with Crippen LogP contribution in [0.1, 0.15) is 20.3 Å². The molecular weight excluding hydrogens is 289 g/mol. The molecule has 0 amide bonds. The van der Waals surface area contributed by atoms with Crippen molar-refractivity contribution in [3.8, 4) is 0 Å². The summed E-state index contributed by atoms with van der Waals surface area (Å²) in [6.45, 7) is 3.16. The van der Waals surface area contributed by atoms with Gasteiger partial charge in [0.25, 0.3) is 0 Å². The van der Waals surface area contributed by atoms with Crippen LogP contribution in [0.3, 0.4) is 0 Å². The van der Waals surface area contributed by atoms with Crippen molar-refractivity contribution in [3.05, 3.63) is 28.2 Å². The highest BCUT2D eigenvalue weighted by atomic mass is 35.5. The van der Waals surface area contributed by atoms with Gasteiger partial charge in [0.1, 0.15) is 0 Å². The number of hydrogen-bond acceptors (Lipinski definition) is 3. The Bertz CT molecular complexity index is 567. The van der Waals surface area contributed by atoms with E-state index >= 15 is 0 Å². The molecule has 2 rings (SSSR count). The first-order chi connectivity index (χ1) is 8.69. The number of rotatable bonds is 3. The van der Waals surface area contributed by atoms with Crippen molar-refractivity contribution in [1.82, 2.24) is 0 Å². The summed E-state index contributed by atoms with van der Waals surface area (Å²) < 4.78 is 0. The van der Waals surface area contributed by atoms with E-state index < -0.39 is 22.7 Å². The normalized spacial score (nSPS) is 30.2. The largest absolute Gasteiger partial charge is 0.861 e. The fourth-order valence-electron chi connectivity index (χ4n) is 2.13. The van der Waals surface area contributed by atoms with Gasteiger partial charge in [-0.15, -0.1) is 0 Å². The smallest absolute Gasteiger partial charge is 0.310 e. The maximum absolute atomic E-state index is 12.1. The summed E-state index contributed by atoms with van der Waals surface area (Å²) in [4.78, 5) is 15.0. The molecule has 0 radical (unpaired) electrons. The highest BCUT2D eigenvalue weighted by Crippen LogP contribution is 2.63. The Morgan fingerprint density at radius 1 is 1.26 bits per heavy atom. The molecule has 6 heteroatoms. The molecule has 0 heterocycles. The Hall–Kier alpha value is -1.26. The Morgan fingerprint density at radius 3 is 2.21 bits per heavy atom. The van der Waals surface area contributed by atoms with Crippen molar-refractivity contribution >= 4 is 40.8 Å².